The van der Waals surface area contributed by atoms with Crippen LogP contribution in [0.2, 0.25) is 5.02 Å². The van der Waals surface area contributed by atoms with Crippen LogP contribution in [0.4, 0.5) is 4.39 Å². The third kappa shape index (κ3) is 4.39. The lowest BCUT2D eigenvalue weighted by Crippen LogP contribution is -2.31. The maximum absolute atomic E-state index is 14.1. The summed E-state index contributed by atoms with van der Waals surface area (Å²) in [5, 5.41) is 9.03. The Kier molecular flexibility index (Phi) is 6.03. The minimum atomic E-state index is -0.363. The van der Waals surface area contributed by atoms with Crippen molar-refractivity contribution in [3.63, 3.8) is 0 Å². The molecule has 3 aliphatic rings. The minimum Gasteiger partial charge on any atom is -0.381 e. The highest BCUT2D eigenvalue weighted by atomic mass is 35.5. The third-order valence-corrected chi connectivity index (χ3v) is 7.53. The van der Waals surface area contributed by atoms with Gasteiger partial charge in [-0.1, -0.05) is 17.7 Å². The van der Waals surface area contributed by atoms with Crippen molar-refractivity contribution in [3.05, 3.63) is 46.9 Å². The summed E-state index contributed by atoms with van der Waals surface area (Å²) in [6.45, 7) is 5.66. The molecule has 0 radical (unpaired) electrons. The highest BCUT2D eigenvalue weighted by molar-refractivity contribution is 6.33. The van der Waals surface area contributed by atoms with Crippen LogP contribution in [0, 0.1) is 29.5 Å². The summed E-state index contributed by atoms with van der Waals surface area (Å²) < 4.78 is 19.6. The molecule has 3 fully saturated rings. The van der Waals surface area contributed by atoms with Crippen LogP contribution in [-0.2, 0) is 11.2 Å². The average Bonchev–Trinajstić information content (AvgIpc) is 3.28. The predicted octanol–water partition coefficient (Wildman–Crippen LogP) is 4.86. The van der Waals surface area contributed by atoms with E-state index in [1.165, 1.54) is 51.4 Å². The van der Waals surface area contributed by atoms with E-state index in [1.807, 2.05) is 12.1 Å². The number of benzene rings is 1. The van der Waals surface area contributed by atoms with Crippen LogP contribution in [0.15, 0.2) is 30.3 Å². The quantitative estimate of drug-likeness (QED) is 0.680. The number of likely N-dealkylation sites (tertiary alicyclic amines) is 1. The SMILES string of the molecule is Fc1cccc(Cl)c1-c1ccc(CC2C[C@@H]3CN(CC4CCOCC4)C[C@@H]3C2)nn1. The van der Waals surface area contributed by atoms with Crippen molar-refractivity contribution in [1.82, 2.24) is 15.1 Å². The lowest BCUT2D eigenvalue weighted by atomic mass is 9.98. The molecule has 1 unspecified atom stereocenters. The summed E-state index contributed by atoms with van der Waals surface area (Å²) >= 11 is 6.15. The summed E-state index contributed by atoms with van der Waals surface area (Å²) in [5.41, 5.74) is 1.82. The first kappa shape index (κ1) is 20.3. The molecule has 2 aromatic rings. The zero-order chi connectivity index (χ0) is 20.5. The summed E-state index contributed by atoms with van der Waals surface area (Å²) in [4.78, 5) is 2.70. The molecule has 0 N–H and O–H groups in total. The monoisotopic (exact) mass is 429 g/mol. The van der Waals surface area contributed by atoms with Crippen molar-refractivity contribution in [3.8, 4) is 11.3 Å². The Morgan fingerprint density at radius 2 is 1.77 bits per heavy atom. The molecule has 30 heavy (non-hydrogen) atoms. The second-order valence-corrected chi connectivity index (χ2v) is 9.75. The number of rotatable bonds is 5. The van der Waals surface area contributed by atoms with E-state index < -0.39 is 0 Å². The topological polar surface area (TPSA) is 38.2 Å². The molecule has 1 aromatic carbocycles. The van der Waals surface area contributed by atoms with Gasteiger partial charge in [-0.2, -0.15) is 10.2 Å². The molecule has 3 heterocycles. The third-order valence-electron chi connectivity index (χ3n) is 7.22. The normalized spacial score (nSPS) is 27.5. The Hall–Kier alpha value is -1.56. The molecule has 0 amide bonds. The fraction of sp³-hybridized carbons (Fsp3) is 0.583. The van der Waals surface area contributed by atoms with Gasteiger partial charge in [0.15, 0.2) is 0 Å². The molecular formula is C24H29ClFN3O. The Morgan fingerprint density at radius 3 is 2.43 bits per heavy atom. The van der Waals surface area contributed by atoms with E-state index >= 15 is 0 Å². The Bertz CT molecular complexity index is 837. The second-order valence-electron chi connectivity index (χ2n) is 9.34. The number of halogens is 2. The molecule has 5 rings (SSSR count). The summed E-state index contributed by atoms with van der Waals surface area (Å²) in [6.07, 6.45) is 5.99. The van der Waals surface area contributed by atoms with Crippen molar-refractivity contribution in [2.45, 2.75) is 32.1 Å². The van der Waals surface area contributed by atoms with Gasteiger partial charge in [-0.15, -0.1) is 0 Å². The van der Waals surface area contributed by atoms with Crippen LogP contribution in [0.25, 0.3) is 11.3 Å². The number of nitrogens with zero attached hydrogens (tertiary/aromatic N) is 3. The highest BCUT2D eigenvalue weighted by Crippen LogP contribution is 2.43. The van der Waals surface area contributed by atoms with Gasteiger partial charge < -0.3 is 9.64 Å². The fourth-order valence-corrected chi connectivity index (χ4v) is 6.03. The van der Waals surface area contributed by atoms with Gasteiger partial charge in [-0.3, -0.25) is 0 Å². The maximum Gasteiger partial charge on any atom is 0.134 e. The molecule has 3 atom stereocenters. The second kappa shape index (κ2) is 8.89. The lowest BCUT2D eigenvalue weighted by molar-refractivity contribution is 0.0544. The summed E-state index contributed by atoms with van der Waals surface area (Å²) in [7, 11) is 0. The Balaban J connectivity index is 1.15. The maximum atomic E-state index is 14.1. The molecule has 0 bridgehead atoms. The first-order valence-electron chi connectivity index (χ1n) is 11.2. The van der Waals surface area contributed by atoms with E-state index in [0.29, 0.717) is 22.2 Å². The zero-order valence-corrected chi connectivity index (χ0v) is 18.0. The molecule has 4 nitrogen and oxygen atoms in total. The molecule has 1 aromatic heterocycles. The van der Waals surface area contributed by atoms with Crippen molar-refractivity contribution in [1.29, 1.82) is 0 Å². The molecular weight excluding hydrogens is 401 g/mol. The molecule has 1 saturated carbocycles. The summed E-state index contributed by atoms with van der Waals surface area (Å²) in [6, 6.07) is 8.51. The van der Waals surface area contributed by atoms with Gasteiger partial charge in [0.05, 0.1) is 22.0 Å². The molecule has 1 aliphatic carbocycles. The van der Waals surface area contributed by atoms with Crippen LogP contribution in [0.5, 0.6) is 0 Å². The molecule has 6 heteroatoms. The van der Waals surface area contributed by atoms with Crippen LogP contribution in [0.1, 0.15) is 31.4 Å². The predicted molar refractivity (Wildman–Crippen MR) is 116 cm³/mol. The Morgan fingerprint density at radius 1 is 1.00 bits per heavy atom. The smallest absolute Gasteiger partial charge is 0.134 e. The average molecular weight is 430 g/mol. The van der Waals surface area contributed by atoms with Crippen molar-refractivity contribution in [2.75, 3.05) is 32.8 Å². The largest absolute Gasteiger partial charge is 0.381 e. The minimum absolute atomic E-state index is 0.332. The van der Waals surface area contributed by atoms with Gasteiger partial charge in [0.2, 0.25) is 0 Å². The number of aromatic nitrogens is 2. The van der Waals surface area contributed by atoms with Crippen LogP contribution in [-0.4, -0.2) is 47.9 Å². The van der Waals surface area contributed by atoms with Gasteiger partial charge in [0.25, 0.3) is 0 Å². The van der Waals surface area contributed by atoms with Gasteiger partial charge in [-0.05, 0) is 80.0 Å². The highest BCUT2D eigenvalue weighted by Gasteiger charge is 2.41. The number of fused-ring (bicyclic) bond motifs is 1. The first-order chi connectivity index (χ1) is 14.7. The number of hydrogen-bond acceptors (Lipinski definition) is 4. The fourth-order valence-electron chi connectivity index (χ4n) is 5.77. The lowest BCUT2D eigenvalue weighted by Gasteiger charge is -2.27. The van der Waals surface area contributed by atoms with Gasteiger partial charge >= 0.3 is 0 Å². The molecule has 0 spiro atoms. The molecule has 2 aliphatic heterocycles. The van der Waals surface area contributed by atoms with E-state index in [1.54, 1.807) is 12.1 Å². The summed E-state index contributed by atoms with van der Waals surface area (Å²) in [5.74, 6) is 2.81. The van der Waals surface area contributed by atoms with E-state index in [2.05, 4.69) is 15.1 Å². The number of ether oxygens (including phenoxy) is 1. The zero-order valence-electron chi connectivity index (χ0n) is 17.3. The van der Waals surface area contributed by atoms with Gasteiger partial charge in [0, 0.05) is 32.8 Å². The van der Waals surface area contributed by atoms with Crippen molar-refractivity contribution >= 4 is 11.6 Å². The number of hydrogen-bond donors (Lipinski definition) is 0. The van der Waals surface area contributed by atoms with Crippen molar-refractivity contribution < 1.29 is 9.13 Å². The van der Waals surface area contributed by atoms with Gasteiger partial charge in [-0.25, -0.2) is 4.39 Å². The Labute approximate surface area is 182 Å². The van der Waals surface area contributed by atoms with E-state index in [0.717, 1.165) is 43.1 Å². The van der Waals surface area contributed by atoms with Crippen LogP contribution < -0.4 is 0 Å². The van der Waals surface area contributed by atoms with E-state index in [4.69, 9.17) is 16.3 Å². The molecule has 2 saturated heterocycles. The molecule has 160 valence electrons. The van der Waals surface area contributed by atoms with E-state index in [9.17, 15) is 4.39 Å². The van der Waals surface area contributed by atoms with E-state index in [-0.39, 0.29) is 5.82 Å². The van der Waals surface area contributed by atoms with Crippen LogP contribution >= 0.6 is 11.6 Å². The first-order valence-corrected chi connectivity index (χ1v) is 11.6. The van der Waals surface area contributed by atoms with Crippen LogP contribution in [0.3, 0.4) is 0 Å². The van der Waals surface area contributed by atoms with Crippen molar-refractivity contribution in [2.24, 2.45) is 23.7 Å². The standard InChI is InChI=1S/C24H29ClFN3O/c25-21-2-1-3-22(26)24(21)23-5-4-20(27-28-23)12-17-10-18-14-29(15-19(18)11-17)13-16-6-8-30-9-7-16/h1-5,16-19H,6-15H2/t17?,18-,19+. The van der Waals surface area contributed by atoms with Gasteiger partial charge in [0.1, 0.15) is 5.82 Å².